The largest absolute Gasteiger partial charge is 0.303 e. The van der Waals surface area contributed by atoms with E-state index in [-0.39, 0.29) is 11.3 Å². The molecule has 0 saturated heterocycles. The molecule has 0 aromatic rings. The molecule has 0 aromatic heterocycles. The van der Waals surface area contributed by atoms with Crippen LogP contribution in [0.15, 0.2) is 11.6 Å². The zero-order valence-electron chi connectivity index (χ0n) is 11.0. The van der Waals surface area contributed by atoms with Crippen LogP contribution in [0.2, 0.25) is 0 Å². The van der Waals surface area contributed by atoms with Crippen molar-refractivity contribution in [3.05, 3.63) is 11.6 Å². The van der Waals surface area contributed by atoms with Crippen LogP contribution in [0.1, 0.15) is 53.4 Å². The molecule has 1 nitrogen and oxygen atoms in total. The molecule has 0 radical (unpaired) electrons. The molecule has 2 aliphatic carbocycles. The summed E-state index contributed by atoms with van der Waals surface area (Å²) in [7, 11) is 0. The van der Waals surface area contributed by atoms with Gasteiger partial charge >= 0.3 is 0 Å². The van der Waals surface area contributed by atoms with E-state index in [0.29, 0.717) is 11.3 Å². The highest BCUT2D eigenvalue weighted by atomic mass is 16.1. The fraction of sp³-hybridized carbons (Fsp3) is 0.800. The van der Waals surface area contributed by atoms with E-state index in [4.69, 9.17) is 0 Å². The Kier molecular flexibility index (Phi) is 2.76. The van der Waals surface area contributed by atoms with Crippen molar-refractivity contribution in [2.24, 2.45) is 22.7 Å². The Morgan fingerprint density at radius 3 is 2.62 bits per heavy atom. The third kappa shape index (κ3) is 1.56. The van der Waals surface area contributed by atoms with Gasteiger partial charge in [-0.25, -0.2) is 0 Å². The van der Waals surface area contributed by atoms with Crippen LogP contribution in [0.5, 0.6) is 0 Å². The molecule has 0 amide bonds. The van der Waals surface area contributed by atoms with Gasteiger partial charge in [0.05, 0.1) is 0 Å². The molecule has 0 bridgehead atoms. The molecular weight excluding hydrogens is 196 g/mol. The number of aldehydes is 1. The monoisotopic (exact) mass is 220 g/mol. The Morgan fingerprint density at radius 2 is 2.00 bits per heavy atom. The van der Waals surface area contributed by atoms with E-state index in [1.807, 2.05) is 0 Å². The van der Waals surface area contributed by atoms with Gasteiger partial charge in [-0.1, -0.05) is 38.8 Å². The lowest BCUT2D eigenvalue weighted by atomic mass is 9.49. The van der Waals surface area contributed by atoms with Crippen LogP contribution >= 0.6 is 0 Å². The first-order valence-electron chi connectivity index (χ1n) is 6.54. The summed E-state index contributed by atoms with van der Waals surface area (Å²) in [6.45, 7) is 9.23. The Hall–Kier alpha value is -0.590. The first-order valence-corrected chi connectivity index (χ1v) is 6.54. The summed E-state index contributed by atoms with van der Waals surface area (Å²) in [4.78, 5) is 11.4. The van der Waals surface area contributed by atoms with Crippen LogP contribution in [0.3, 0.4) is 0 Å². The molecule has 0 N–H and O–H groups in total. The molecule has 0 aromatic carbocycles. The second-order valence-corrected chi connectivity index (χ2v) is 6.70. The average Bonchev–Trinajstić information content (AvgIpc) is 2.15. The van der Waals surface area contributed by atoms with Crippen LogP contribution in [0, 0.1) is 22.7 Å². The summed E-state index contributed by atoms with van der Waals surface area (Å²) in [6, 6.07) is 0. The molecule has 0 spiro atoms. The van der Waals surface area contributed by atoms with Gasteiger partial charge in [-0.3, -0.25) is 0 Å². The number of fused-ring (bicyclic) bond motifs is 1. The molecule has 90 valence electrons. The van der Waals surface area contributed by atoms with E-state index >= 15 is 0 Å². The minimum Gasteiger partial charge on any atom is -0.303 e. The molecule has 1 fully saturated rings. The number of carbonyl (C=O) groups excluding carboxylic acids is 1. The predicted octanol–water partition coefficient (Wildman–Crippen LogP) is 3.98. The van der Waals surface area contributed by atoms with Gasteiger partial charge in [0.2, 0.25) is 0 Å². The maximum absolute atomic E-state index is 11.4. The van der Waals surface area contributed by atoms with Crippen molar-refractivity contribution in [1.82, 2.24) is 0 Å². The Balaban J connectivity index is 2.42. The van der Waals surface area contributed by atoms with Crippen molar-refractivity contribution in [1.29, 1.82) is 0 Å². The quantitative estimate of drug-likeness (QED) is 0.482. The molecular formula is C15H24O. The summed E-state index contributed by atoms with van der Waals surface area (Å²) in [5.74, 6) is 0.832. The SMILES string of the molecule is CC1=CCC2C(C)(C)CCCC2(C)C1C=O. The van der Waals surface area contributed by atoms with E-state index in [1.165, 1.54) is 37.5 Å². The molecule has 1 saturated carbocycles. The van der Waals surface area contributed by atoms with Gasteiger partial charge in [-0.05, 0) is 42.9 Å². The average molecular weight is 220 g/mol. The molecule has 3 unspecified atom stereocenters. The van der Waals surface area contributed by atoms with Crippen LogP contribution in [0.25, 0.3) is 0 Å². The van der Waals surface area contributed by atoms with Gasteiger partial charge in [0, 0.05) is 5.92 Å². The van der Waals surface area contributed by atoms with E-state index in [0.717, 1.165) is 0 Å². The lowest BCUT2D eigenvalue weighted by Crippen LogP contribution is -2.48. The van der Waals surface area contributed by atoms with Crippen LogP contribution in [0.4, 0.5) is 0 Å². The van der Waals surface area contributed by atoms with E-state index < -0.39 is 0 Å². The highest BCUT2D eigenvalue weighted by molar-refractivity contribution is 5.61. The summed E-state index contributed by atoms with van der Waals surface area (Å²) in [6.07, 6.45) is 8.47. The second-order valence-electron chi connectivity index (χ2n) is 6.70. The molecule has 16 heavy (non-hydrogen) atoms. The van der Waals surface area contributed by atoms with Crippen LogP contribution < -0.4 is 0 Å². The standard InChI is InChI=1S/C15H24O/c1-11-6-7-13-14(2,3)8-5-9-15(13,4)12(11)10-16/h6,10,12-13H,5,7-9H2,1-4H3. The predicted molar refractivity (Wildman–Crippen MR) is 67.2 cm³/mol. The lowest BCUT2D eigenvalue weighted by molar-refractivity contribution is -0.119. The fourth-order valence-electron chi connectivity index (χ4n) is 4.34. The molecule has 0 aliphatic heterocycles. The maximum Gasteiger partial charge on any atom is 0.127 e. The third-order valence-corrected chi connectivity index (χ3v) is 5.29. The van der Waals surface area contributed by atoms with E-state index in [1.54, 1.807) is 0 Å². The van der Waals surface area contributed by atoms with Crippen molar-refractivity contribution in [2.45, 2.75) is 53.4 Å². The normalized spacial score (nSPS) is 42.1. The van der Waals surface area contributed by atoms with Crippen molar-refractivity contribution in [3.63, 3.8) is 0 Å². The molecule has 1 heteroatoms. The topological polar surface area (TPSA) is 17.1 Å². The number of allylic oxidation sites excluding steroid dienone is 2. The number of carbonyl (C=O) groups is 1. The summed E-state index contributed by atoms with van der Waals surface area (Å²) in [5, 5.41) is 0. The Labute approximate surface area is 99.3 Å². The van der Waals surface area contributed by atoms with Crippen LogP contribution in [-0.4, -0.2) is 6.29 Å². The number of hydrogen-bond acceptors (Lipinski definition) is 1. The fourth-order valence-corrected chi connectivity index (χ4v) is 4.34. The van der Waals surface area contributed by atoms with Crippen molar-refractivity contribution < 1.29 is 4.79 Å². The first-order chi connectivity index (χ1) is 7.42. The molecule has 2 rings (SSSR count). The van der Waals surface area contributed by atoms with Gasteiger partial charge in [-0.15, -0.1) is 0 Å². The zero-order chi connectivity index (χ0) is 12.0. The van der Waals surface area contributed by atoms with Crippen LogP contribution in [-0.2, 0) is 4.79 Å². The summed E-state index contributed by atoms with van der Waals surface area (Å²) < 4.78 is 0. The third-order valence-electron chi connectivity index (χ3n) is 5.29. The molecule has 2 aliphatic rings. The summed E-state index contributed by atoms with van der Waals surface area (Å²) in [5.41, 5.74) is 1.90. The minimum atomic E-state index is 0.158. The summed E-state index contributed by atoms with van der Waals surface area (Å²) >= 11 is 0. The highest BCUT2D eigenvalue weighted by Crippen LogP contribution is 2.58. The smallest absolute Gasteiger partial charge is 0.127 e. The van der Waals surface area contributed by atoms with Gasteiger partial charge in [-0.2, -0.15) is 0 Å². The van der Waals surface area contributed by atoms with Crippen molar-refractivity contribution in [3.8, 4) is 0 Å². The number of hydrogen-bond donors (Lipinski definition) is 0. The Morgan fingerprint density at radius 1 is 1.31 bits per heavy atom. The zero-order valence-corrected chi connectivity index (χ0v) is 11.0. The van der Waals surface area contributed by atoms with Crippen molar-refractivity contribution >= 4 is 6.29 Å². The van der Waals surface area contributed by atoms with Gasteiger partial charge in [0.25, 0.3) is 0 Å². The van der Waals surface area contributed by atoms with Gasteiger partial charge in [0.1, 0.15) is 6.29 Å². The highest BCUT2D eigenvalue weighted by Gasteiger charge is 2.51. The molecule has 3 atom stereocenters. The van der Waals surface area contributed by atoms with Gasteiger partial charge < -0.3 is 4.79 Å². The Bertz CT molecular complexity index is 326. The van der Waals surface area contributed by atoms with Gasteiger partial charge in [0.15, 0.2) is 0 Å². The minimum absolute atomic E-state index is 0.158. The van der Waals surface area contributed by atoms with E-state index in [9.17, 15) is 4.79 Å². The van der Waals surface area contributed by atoms with E-state index in [2.05, 4.69) is 33.8 Å². The lowest BCUT2D eigenvalue weighted by Gasteiger charge is -2.55. The van der Waals surface area contributed by atoms with Crippen molar-refractivity contribution in [2.75, 3.05) is 0 Å². The number of rotatable bonds is 1. The molecule has 0 heterocycles. The maximum atomic E-state index is 11.4. The second kappa shape index (κ2) is 3.72. The first kappa shape index (κ1) is 11.9.